The first-order valence-electron chi connectivity index (χ1n) is 6.96. The number of hydrogen-bond donors (Lipinski definition) is 1. The Labute approximate surface area is 116 Å². The summed E-state index contributed by atoms with van der Waals surface area (Å²) < 4.78 is 28.7. The van der Waals surface area contributed by atoms with E-state index in [1.54, 1.807) is 13.8 Å². The highest BCUT2D eigenvalue weighted by atomic mass is 31.2. The van der Waals surface area contributed by atoms with E-state index in [0.717, 1.165) is 6.42 Å². The van der Waals surface area contributed by atoms with Crippen LogP contribution in [0.25, 0.3) is 0 Å². The molecule has 5 nitrogen and oxygen atoms in total. The molecule has 0 radical (unpaired) electrons. The maximum atomic E-state index is 12.0. The summed E-state index contributed by atoms with van der Waals surface area (Å²) >= 11 is 0. The van der Waals surface area contributed by atoms with Gasteiger partial charge >= 0.3 is 7.60 Å². The molecule has 4 unspecified atom stereocenters. The van der Waals surface area contributed by atoms with E-state index in [-0.39, 0.29) is 18.3 Å². The topological polar surface area (TPSA) is 65.0 Å². The first kappa shape index (κ1) is 17.1. The van der Waals surface area contributed by atoms with Crippen molar-refractivity contribution in [1.82, 2.24) is 0 Å². The predicted molar refractivity (Wildman–Crippen MR) is 74.4 cm³/mol. The van der Waals surface area contributed by atoms with Crippen LogP contribution in [-0.2, 0) is 18.6 Å². The number of hydrogen-bond acceptors (Lipinski definition) is 4. The lowest BCUT2D eigenvalue weighted by molar-refractivity contribution is -0.124. The van der Waals surface area contributed by atoms with Crippen molar-refractivity contribution in [2.45, 2.75) is 65.0 Å². The molecule has 4 atom stereocenters. The molecule has 0 bridgehead atoms. The summed E-state index contributed by atoms with van der Waals surface area (Å²) in [6, 6.07) is 0. The molecule has 1 saturated heterocycles. The molecule has 114 valence electrons. The molecule has 1 rings (SSSR count). The van der Waals surface area contributed by atoms with Crippen molar-refractivity contribution in [2.24, 2.45) is 5.92 Å². The van der Waals surface area contributed by atoms with E-state index >= 15 is 0 Å². The van der Waals surface area contributed by atoms with Crippen LogP contribution in [0.3, 0.4) is 0 Å². The second-order valence-electron chi connectivity index (χ2n) is 5.90. The highest BCUT2D eigenvalue weighted by molar-refractivity contribution is 7.53. The van der Waals surface area contributed by atoms with Crippen LogP contribution in [0, 0.1) is 5.92 Å². The van der Waals surface area contributed by atoms with Gasteiger partial charge in [-0.2, -0.15) is 0 Å². The predicted octanol–water partition coefficient (Wildman–Crippen LogP) is 2.82. The minimum atomic E-state index is -3.58. The molecular formula is C13H27O5P. The summed E-state index contributed by atoms with van der Waals surface area (Å²) in [5.74, 6) is 0.326. The van der Waals surface area contributed by atoms with Gasteiger partial charge in [-0.1, -0.05) is 20.8 Å². The second kappa shape index (κ2) is 7.19. The van der Waals surface area contributed by atoms with Crippen LogP contribution < -0.4 is 0 Å². The first-order valence-corrected chi connectivity index (χ1v) is 8.61. The Morgan fingerprint density at radius 1 is 1.37 bits per heavy atom. The smallest absolute Gasteiger partial charge is 0.330 e. The standard InChI is InChI=1S/C13H27O5P/c1-9(2)16-8-13-12(6-11(5)7-17-13)18-19(14,15)10(3)4/h9-13H,6-8H2,1-5H3,(H,14,15). The second-order valence-corrected chi connectivity index (χ2v) is 8.27. The van der Waals surface area contributed by atoms with E-state index in [2.05, 4.69) is 0 Å². The third-order valence-electron chi connectivity index (χ3n) is 3.18. The molecule has 0 amide bonds. The largest absolute Gasteiger partial charge is 0.376 e. The quantitative estimate of drug-likeness (QED) is 0.763. The van der Waals surface area contributed by atoms with Crippen molar-refractivity contribution in [1.29, 1.82) is 0 Å². The van der Waals surface area contributed by atoms with Gasteiger partial charge in [-0.25, -0.2) is 0 Å². The van der Waals surface area contributed by atoms with E-state index in [1.165, 1.54) is 0 Å². The average Bonchev–Trinajstić information content (AvgIpc) is 2.27. The normalized spacial score (nSPS) is 31.7. The molecule has 0 aromatic carbocycles. The van der Waals surface area contributed by atoms with Crippen LogP contribution in [0.1, 0.15) is 41.0 Å². The Hall–Kier alpha value is 0.0700. The molecule has 1 aliphatic heterocycles. The average molecular weight is 294 g/mol. The van der Waals surface area contributed by atoms with Crippen molar-refractivity contribution < 1.29 is 23.5 Å². The highest BCUT2D eigenvalue weighted by Crippen LogP contribution is 2.50. The summed E-state index contributed by atoms with van der Waals surface area (Å²) in [6.07, 6.45) is 0.192. The Morgan fingerprint density at radius 2 is 2.00 bits per heavy atom. The SMILES string of the molecule is CC1COC(COC(C)C)C(OP(=O)(O)C(C)C)C1. The Bertz CT molecular complexity index is 318. The molecule has 0 aliphatic carbocycles. The van der Waals surface area contributed by atoms with Gasteiger partial charge < -0.3 is 18.9 Å². The lowest BCUT2D eigenvalue weighted by atomic mass is 9.98. The molecule has 1 N–H and O–H groups in total. The van der Waals surface area contributed by atoms with E-state index in [1.807, 2.05) is 20.8 Å². The third-order valence-corrected chi connectivity index (χ3v) is 5.06. The number of rotatable bonds is 6. The summed E-state index contributed by atoms with van der Waals surface area (Å²) in [5, 5.41) is 0. The van der Waals surface area contributed by atoms with Gasteiger partial charge in [-0.15, -0.1) is 0 Å². The Morgan fingerprint density at radius 3 is 2.53 bits per heavy atom. The Kier molecular flexibility index (Phi) is 6.48. The van der Waals surface area contributed by atoms with Crippen molar-refractivity contribution >= 4 is 7.60 Å². The lowest BCUT2D eigenvalue weighted by Gasteiger charge is -2.36. The van der Waals surface area contributed by atoms with Crippen molar-refractivity contribution in [3.8, 4) is 0 Å². The molecule has 1 aliphatic rings. The van der Waals surface area contributed by atoms with Crippen LogP contribution in [0.4, 0.5) is 0 Å². The fraction of sp³-hybridized carbons (Fsp3) is 1.00. The van der Waals surface area contributed by atoms with Gasteiger partial charge in [0, 0.05) is 6.61 Å². The third kappa shape index (κ3) is 5.52. The molecule has 1 fully saturated rings. The van der Waals surface area contributed by atoms with Crippen molar-refractivity contribution in [3.05, 3.63) is 0 Å². The highest BCUT2D eigenvalue weighted by Gasteiger charge is 2.37. The van der Waals surface area contributed by atoms with Gasteiger partial charge in [0.15, 0.2) is 0 Å². The zero-order valence-electron chi connectivity index (χ0n) is 12.5. The summed E-state index contributed by atoms with van der Waals surface area (Å²) in [6.45, 7) is 10.4. The zero-order valence-corrected chi connectivity index (χ0v) is 13.4. The maximum absolute atomic E-state index is 12.0. The van der Waals surface area contributed by atoms with Crippen molar-refractivity contribution in [3.63, 3.8) is 0 Å². The van der Waals surface area contributed by atoms with Crippen LogP contribution >= 0.6 is 7.60 Å². The fourth-order valence-electron chi connectivity index (χ4n) is 1.88. The molecule has 6 heteroatoms. The summed E-state index contributed by atoms with van der Waals surface area (Å²) in [7, 11) is -3.58. The minimum absolute atomic E-state index is 0.106. The van der Waals surface area contributed by atoms with E-state index in [0.29, 0.717) is 19.1 Å². The van der Waals surface area contributed by atoms with Gasteiger partial charge in [0.2, 0.25) is 0 Å². The van der Waals surface area contributed by atoms with Crippen LogP contribution in [0.5, 0.6) is 0 Å². The summed E-state index contributed by atoms with van der Waals surface area (Å²) in [4.78, 5) is 9.86. The van der Waals surface area contributed by atoms with E-state index < -0.39 is 13.3 Å². The molecule has 0 spiro atoms. The maximum Gasteiger partial charge on any atom is 0.330 e. The van der Waals surface area contributed by atoms with Gasteiger partial charge in [0.05, 0.1) is 24.5 Å². The molecule has 0 saturated carbocycles. The zero-order chi connectivity index (χ0) is 14.6. The minimum Gasteiger partial charge on any atom is -0.376 e. The van der Waals surface area contributed by atoms with Crippen LogP contribution in [0.2, 0.25) is 0 Å². The van der Waals surface area contributed by atoms with Gasteiger partial charge in [-0.05, 0) is 26.2 Å². The van der Waals surface area contributed by atoms with Gasteiger partial charge in [0.1, 0.15) is 6.10 Å². The lowest BCUT2D eigenvalue weighted by Crippen LogP contribution is -2.42. The molecule has 1 heterocycles. The fourth-order valence-corrected chi connectivity index (χ4v) is 2.73. The summed E-state index contributed by atoms with van der Waals surface area (Å²) in [5.41, 5.74) is -0.406. The van der Waals surface area contributed by atoms with Gasteiger partial charge in [0.25, 0.3) is 0 Å². The Balaban J connectivity index is 2.65. The van der Waals surface area contributed by atoms with Gasteiger partial charge in [-0.3, -0.25) is 4.57 Å². The number of ether oxygens (including phenoxy) is 2. The molecular weight excluding hydrogens is 267 g/mol. The molecule has 19 heavy (non-hydrogen) atoms. The van der Waals surface area contributed by atoms with Crippen molar-refractivity contribution in [2.75, 3.05) is 13.2 Å². The first-order chi connectivity index (χ1) is 8.72. The van der Waals surface area contributed by atoms with E-state index in [4.69, 9.17) is 14.0 Å². The molecule has 0 aromatic heterocycles. The van der Waals surface area contributed by atoms with E-state index in [9.17, 15) is 9.46 Å². The molecule has 0 aromatic rings. The van der Waals surface area contributed by atoms with Crippen LogP contribution in [-0.4, -0.2) is 42.1 Å². The van der Waals surface area contributed by atoms with Crippen LogP contribution in [0.15, 0.2) is 0 Å². The monoisotopic (exact) mass is 294 g/mol.